The summed E-state index contributed by atoms with van der Waals surface area (Å²) >= 11 is 9.68. The van der Waals surface area contributed by atoms with Gasteiger partial charge in [-0.1, -0.05) is 89.4 Å². The van der Waals surface area contributed by atoms with Crippen LogP contribution in [0.25, 0.3) is 0 Å². The fraction of sp³-hybridized carbons (Fsp3) is 0.333. The highest BCUT2D eigenvalue weighted by Gasteiger charge is 2.33. The number of rotatable bonds is 13. The van der Waals surface area contributed by atoms with Gasteiger partial charge in [-0.25, -0.2) is 8.42 Å². The Bertz CT molecular complexity index is 1420. The first-order valence-electron chi connectivity index (χ1n) is 13.1. The number of aryl methyl sites for hydroxylation is 1. The summed E-state index contributed by atoms with van der Waals surface area (Å²) in [5.41, 5.74) is 2.65. The van der Waals surface area contributed by atoms with Crippen LogP contribution in [-0.2, 0) is 32.6 Å². The lowest BCUT2D eigenvalue weighted by molar-refractivity contribution is -0.140. The van der Waals surface area contributed by atoms with Crippen molar-refractivity contribution < 1.29 is 18.0 Å². The van der Waals surface area contributed by atoms with Gasteiger partial charge in [-0.05, 0) is 54.3 Å². The molecule has 1 unspecified atom stereocenters. The highest BCUT2D eigenvalue weighted by molar-refractivity contribution is 9.10. The van der Waals surface area contributed by atoms with Gasteiger partial charge in [0.2, 0.25) is 21.8 Å². The first-order chi connectivity index (χ1) is 19.0. The third kappa shape index (κ3) is 9.08. The zero-order valence-electron chi connectivity index (χ0n) is 22.9. The average Bonchev–Trinajstić information content (AvgIpc) is 2.90. The number of hydrogen-bond donors (Lipinski definition) is 1. The van der Waals surface area contributed by atoms with Gasteiger partial charge in [0, 0.05) is 29.0 Å². The molecule has 7 nitrogen and oxygen atoms in total. The fourth-order valence-electron chi connectivity index (χ4n) is 4.34. The average molecular weight is 649 g/mol. The number of anilines is 1. The maximum atomic E-state index is 14.1. The largest absolute Gasteiger partial charge is 0.354 e. The lowest BCUT2D eigenvalue weighted by atomic mass is 10.0. The van der Waals surface area contributed by atoms with Crippen molar-refractivity contribution in [1.82, 2.24) is 10.2 Å². The summed E-state index contributed by atoms with van der Waals surface area (Å²) < 4.78 is 27.8. The topological polar surface area (TPSA) is 86.8 Å². The number of unbranched alkanes of at least 4 members (excludes halogenated alkanes) is 1. The Labute approximate surface area is 250 Å². The summed E-state index contributed by atoms with van der Waals surface area (Å²) in [4.78, 5) is 29.2. The van der Waals surface area contributed by atoms with Gasteiger partial charge in [-0.15, -0.1) is 0 Å². The SMILES string of the molecule is CCCCNC(=O)C(Cc1ccccc1)N(Cc1cccc(Br)c1)C(=O)CN(c1cc(Cl)ccc1C)S(C)(=O)=O. The molecule has 0 aromatic heterocycles. The van der Waals surface area contributed by atoms with E-state index in [0.717, 1.165) is 39.0 Å². The number of nitrogens with zero attached hydrogens (tertiary/aromatic N) is 2. The van der Waals surface area contributed by atoms with Gasteiger partial charge in [0.1, 0.15) is 12.6 Å². The number of benzene rings is 3. The van der Waals surface area contributed by atoms with Crippen LogP contribution in [0.5, 0.6) is 0 Å². The quantitative estimate of drug-likeness (QED) is 0.240. The second-order valence-corrected chi connectivity index (χ2v) is 13.0. The zero-order valence-corrected chi connectivity index (χ0v) is 26.1. The first-order valence-corrected chi connectivity index (χ1v) is 16.1. The van der Waals surface area contributed by atoms with E-state index in [4.69, 9.17) is 11.6 Å². The van der Waals surface area contributed by atoms with E-state index < -0.39 is 28.5 Å². The number of hydrogen-bond acceptors (Lipinski definition) is 4. The molecule has 0 aliphatic heterocycles. The van der Waals surface area contributed by atoms with Crippen LogP contribution in [0.2, 0.25) is 5.02 Å². The van der Waals surface area contributed by atoms with Gasteiger partial charge in [0.05, 0.1) is 11.9 Å². The van der Waals surface area contributed by atoms with Crippen LogP contribution >= 0.6 is 27.5 Å². The Kier molecular flexibility index (Phi) is 11.6. The second kappa shape index (κ2) is 14.7. The van der Waals surface area contributed by atoms with E-state index in [1.54, 1.807) is 19.1 Å². The number of carbonyl (C=O) groups is 2. The summed E-state index contributed by atoms with van der Waals surface area (Å²) in [7, 11) is -3.87. The monoisotopic (exact) mass is 647 g/mol. The van der Waals surface area contributed by atoms with Gasteiger partial charge in [-0.2, -0.15) is 0 Å². The van der Waals surface area contributed by atoms with Crippen LogP contribution in [0.15, 0.2) is 77.3 Å². The Morgan fingerprint density at radius 3 is 2.35 bits per heavy atom. The Morgan fingerprint density at radius 1 is 1.00 bits per heavy atom. The van der Waals surface area contributed by atoms with Crippen molar-refractivity contribution in [2.24, 2.45) is 0 Å². The minimum Gasteiger partial charge on any atom is -0.354 e. The summed E-state index contributed by atoms with van der Waals surface area (Å²) in [5, 5.41) is 3.33. The molecule has 1 atom stereocenters. The minimum absolute atomic E-state index is 0.114. The van der Waals surface area contributed by atoms with Gasteiger partial charge in [0.25, 0.3) is 0 Å². The predicted molar refractivity (Wildman–Crippen MR) is 165 cm³/mol. The molecule has 0 fully saturated rings. The van der Waals surface area contributed by atoms with E-state index in [1.165, 1.54) is 11.0 Å². The molecular weight excluding hydrogens is 614 g/mol. The maximum Gasteiger partial charge on any atom is 0.244 e. The molecule has 3 rings (SSSR count). The standard InChI is InChI=1S/C30H35BrClN3O4S/c1-4-5-16-33-30(37)28(18-23-10-7-6-8-11-23)34(20-24-12-9-13-25(31)17-24)29(36)21-35(40(3,38)39)27-19-26(32)15-14-22(27)2/h6-15,17,19,28H,4-5,16,18,20-21H2,1-3H3,(H,33,37). The molecule has 0 saturated carbocycles. The van der Waals surface area contributed by atoms with Crippen LogP contribution in [0.4, 0.5) is 5.69 Å². The Hall–Kier alpha value is -2.88. The number of nitrogens with one attached hydrogen (secondary N) is 1. The molecule has 0 heterocycles. The van der Waals surface area contributed by atoms with Crippen LogP contribution in [0.1, 0.15) is 36.5 Å². The van der Waals surface area contributed by atoms with Crippen molar-refractivity contribution in [3.8, 4) is 0 Å². The van der Waals surface area contributed by atoms with E-state index in [0.29, 0.717) is 22.8 Å². The molecule has 0 aliphatic rings. The molecule has 40 heavy (non-hydrogen) atoms. The molecule has 0 bridgehead atoms. The lowest BCUT2D eigenvalue weighted by Gasteiger charge is -2.34. The van der Waals surface area contributed by atoms with Crippen molar-refractivity contribution in [3.05, 3.63) is 99.0 Å². The molecule has 0 saturated heterocycles. The first kappa shape index (κ1) is 31.6. The summed E-state index contributed by atoms with van der Waals surface area (Å²) in [6, 6.07) is 21.0. The molecule has 0 radical (unpaired) electrons. The maximum absolute atomic E-state index is 14.1. The third-order valence-corrected chi connectivity index (χ3v) is 8.32. The summed E-state index contributed by atoms with van der Waals surface area (Å²) in [6.07, 6.45) is 3.04. The molecule has 214 valence electrons. The molecule has 0 spiro atoms. The van der Waals surface area contributed by atoms with Crippen LogP contribution < -0.4 is 9.62 Å². The van der Waals surface area contributed by atoms with Crippen molar-refractivity contribution in [3.63, 3.8) is 0 Å². The van der Waals surface area contributed by atoms with E-state index in [2.05, 4.69) is 21.2 Å². The predicted octanol–water partition coefficient (Wildman–Crippen LogP) is 5.73. The number of amides is 2. The summed E-state index contributed by atoms with van der Waals surface area (Å²) in [6.45, 7) is 3.91. The van der Waals surface area contributed by atoms with Crippen molar-refractivity contribution >= 4 is 55.1 Å². The zero-order chi connectivity index (χ0) is 29.3. The van der Waals surface area contributed by atoms with E-state index in [1.807, 2.05) is 61.5 Å². The van der Waals surface area contributed by atoms with Crippen LogP contribution in [0, 0.1) is 6.92 Å². The molecule has 0 aliphatic carbocycles. The lowest BCUT2D eigenvalue weighted by Crippen LogP contribution is -2.53. The highest BCUT2D eigenvalue weighted by atomic mass is 79.9. The summed E-state index contributed by atoms with van der Waals surface area (Å²) in [5.74, 6) is -0.790. The molecule has 2 amide bonds. The number of carbonyl (C=O) groups excluding carboxylic acids is 2. The van der Waals surface area contributed by atoms with E-state index in [9.17, 15) is 18.0 Å². The third-order valence-electron chi connectivity index (χ3n) is 6.46. The van der Waals surface area contributed by atoms with E-state index in [-0.39, 0.29) is 18.9 Å². The van der Waals surface area contributed by atoms with Crippen molar-refractivity contribution in [2.45, 2.75) is 45.7 Å². The van der Waals surface area contributed by atoms with Gasteiger partial charge >= 0.3 is 0 Å². The molecule has 3 aromatic rings. The Balaban J connectivity index is 2.06. The fourth-order valence-corrected chi connectivity index (χ4v) is 5.85. The molecule has 10 heteroatoms. The van der Waals surface area contributed by atoms with Gasteiger partial charge in [0.15, 0.2) is 0 Å². The normalized spacial score (nSPS) is 12.0. The Morgan fingerprint density at radius 2 is 1.70 bits per heavy atom. The van der Waals surface area contributed by atoms with Crippen LogP contribution in [0.3, 0.4) is 0 Å². The molecule has 3 aromatic carbocycles. The smallest absolute Gasteiger partial charge is 0.244 e. The van der Waals surface area contributed by atoms with Gasteiger partial charge in [-0.3, -0.25) is 13.9 Å². The minimum atomic E-state index is -3.87. The number of halogens is 2. The number of sulfonamides is 1. The van der Waals surface area contributed by atoms with Gasteiger partial charge < -0.3 is 10.2 Å². The van der Waals surface area contributed by atoms with E-state index >= 15 is 0 Å². The molecular formula is C30H35BrClN3O4S. The van der Waals surface area contributed by atoms with Crippen molar-refractivity contribution in [1.29, 1.82) is 0 Å². The van der Waals surface area contributed by atoms with Crippen LogP contribution in [-0.4, -0.2) is 50.5 Å². The highest BCUT2D eigenvalue weighted by Crippen LogP contribution is 2.27. The second-order valence-electron chi connectivity index (χ2n) is 9.70. The van der Waals surface area contributed by atoms with Crippen molar-refractivity contribution in [2.75, 3.05) is 23.7 Å². The molecule has 1 N–H and O–H groups in total.